The van der Waals surface area contributed by atoms with Gasteiger partial charge in [0, 0.05) is 7.05 Å². The summed E-state index contributed by atoms with van der Waals surface area (Å²) in [5, 5.41) is 9.57. The van der Waals surface area contributed by atoms with Crippen molar-refractivity contribution in [2.24, 2.45) is 0 Å². The van der Waals surface area contributed by atoms with Crippen molar-refractivity contribution in [2.45, 2.75) is 37.6 Å². The van der Waals surface area contributed by atoms with Crippen molar-refractivity contribution < 1.29 is 23.8 Å². The Bertz CT molecular complexity index is 682. The molecule has 1 aliphatic rings. The zero-order valence-electron chi connectivity index (χ0n) is 15.4. The zero-order valence-corrected chi connectivity index (χ0v) is 15.4. The highest BCUT2D eigenvalue weighted by Crippen LogP contribution is 2.33. The summed E-state index contributed by atoms with van der Waals surface area (Å²) in [7, 11) is 4.46. The maximum Gasteiger partial charge on any atom is 0.346 e. The maximum absolute atomic E-state index is 12.5. The van der Waals surface area contributed by atoms with Crippen molar-refractivity contribution in [3.63, 3.8) is 0 Å². The van der Waals surface area contributed by atoms with Crippen LogP contribution in [0.4, 0.5) is 0 Å². The average Bonchev–Trinajstić information content (AvgIpc) is 2.70. The molecule has 7 nitrogen and oxygen atoms in total. The van der Waals surface area contributed by atoms with Gasteiger partial charge in [0.1, 0.15) is 22.6 Å². The summed E-state index contributed by atoms with van der Waals surface area (Å²) in [6.45, 7) is -0.444. The van der Waals surface area contributed by atoms with Crippen LogP contribution in [-0.2, 0) is 9.53 Å². The van der Waals surface area contributed by atoms with E-state index in [-0.39, 0.29) is 5.56 Å². The predicted molar refractivity (Wildman–Crippen MR) is 94.0 cm³/mol. The number of carbonyl (C=O) groups excluding carboxylic acids is 2. The summed E-state index contributed by atoms with van der Waals surface area (Å²) in [6, 6.07) is 7.19. The summed E-state index contributed by atoms with van der Waals surface area (Å²) < 4.78 is 15.5. The molecule has 1 aliphatic carbocycles. The van der Waals surface area contributed by atoms with Crippen LogP contribution in [0, 0.1) is 11.3 Å². The van der Waals surface area contributed by atoms with E-state index in [9.17, 15) is 14.9 Å². The molecule has 0 saturated heterocycles. The van der Waals surface area contributed by atoms with E-state index in [1.165, 1.54) is 19.1 Å². The molecule has 0 atom stereocenters. The van der Waals surface area contributed by atoms with Gasteiger partial charge in [0.2, 0.25) is 0 Å². The van der Waals surface area contributed by atoms with Crippen LogP contribution >= 0.6 is 0 Å². The highest BCUT2D eigenvalue weighted by Gasteiger charge is 2.39. The van der Waals surface area contributed by atoms with Gasteiger partial charge in [-0.3, -0.25) is 4.79 Å². The predicted octanol–water partition coefficient (Wildman–Crippen LogP) is 2.55. The highest BCUT2D eigenvalue weighted by molar-refractivity contribution is 5.96. The first-order chi connectivity index (χ1) is 12.5. The standard InChI is InChI=1S/C19H24N2O5/c1-21(19(13-20)10-5-4-6-11-19)16(22)12-26-18(23)17-14(24-2)8-7-9-15(17)25-3/h7-9H,4-6,10-12H2,1-3H3. The Labute approximate surface area is 153 Å². The van der Waals surface area contributed by atoms with Crippen molar-refractivity contribution in [1.29, 1.82) is 5.26 Å². The lowest BCUT2D eigenvalue weighted by molar-refractivity contribution is -0.138. The van der Waals surface area contributed by atoms with E-state index in [1.807, 2.05) is 0 Å². The number of nitriles is 1. The summed E-state index contributed by atoms with van der Waals surface area (Å²) in [4.78, 5) is 26.3. The molecule has 0 spiro atoms. The first-order valence-corrected chi connectivity index (χ1v) is 8.55. The number of nitrogens with zero attached hydrogens (tertiary/aromatic N) is 2. The van der Waals surface area contributed by atoms with E-state index in [0.717, 1.165) is 19.3 Å². The SMILES string of the molecule is COc1cccc(OC)c1C(=O)OCC(=O)N(C)C1(C#N)CCCCC1. The van der Waals surface area contributed by atoms with Crippen LogP contribution < -0.4 is 9.47 Å². The van der Waals surface area contributed by atoms with Gasteiger partial charge >= 0.3 is 5.97 Å². The lowest BCUT2D eigenvalue weighted by Crippen LogP contribution is -2.51. The van der Waals surface area contributed by atoms with E-state index >= 15 is 0 Å². The largest absolute Gasteiger partial charge is 0.496 e. The summed E-state index contributed by atoms with van der Waals surface area (Å²) in [6.07, 6.45) is 4.15. The van der Waals surface area contributed by atoms with E-state index < -0.39 is 24.0 Å². The molecule has 2 rings (SSSR count). The summed E-state index contributed by atoms with van der Waals surface area (Å²) >= 11 is 0. The fourth-order valence-corrected chi connectivity index (χ4v) is 3.25. The van der Waals surface area contributed by atoms with E-state index in [4.69, 9.17) is 14.2 Å². The first kappa shape index (κ1) is 19.6. The van der Waals surface area contributed by atoms with Crippen molar-refractivity contribution in [2.75, 3.05) is 27.9 Å². The van der Waals surface area contributed by atoms with Crippen LogP contribution in [0.1, 0.15) is 42.5 Å². The van der Waals surface area contributed by atoms with Crippen molar-refractivity contribution in [1.82, 2.24) is 4.90 Å². The molecule has 0 aliphatic heterocycles. The Morgan fingerprint density at radius 2 is 1.73 bits per heavy atom. The smallest absolute Gasteiger partial charge is 0.346 e. The van der Waals surface area contributed by atoms with Gasteiger partial charge in [-0.2, -0.15) is 5.26 Å². The number of hydrogen-bond donors (Lipinski definition) is 0. The van der Waals surface area contributed by atoms with Gasteiger partial charge in [-0.05, 0) is 25.0 Å². The lowest BCUT2D eigenvalue weighted by atomic mass is 9.81. The van der Waals surface area contributed by atoms with Gasteiger partial charge in [0.05, 0.1) is 20.3 Å². The molecule has 1 saturated carbocycles. The van der Waals surface area contributed by atoms with Crippen LogP contribution in [0.25, 0.3) is 0 Å². The molecule has 140 valence electrons. The molecule has 1 fully saturated rings. The zero-order chi connectivity index (χ0) is 19.2. The Kier molecular flexibility index (Phi) is 6.45. The Morgan fingerprint density at radius 1 is 1.15 bits per heavy atom. The number of methoxy groups -OCH3 is 2. The number of likely N-dealkylation sites (N-methyl/N-ethyl adjacent to an activating group) is 1. The molecule has 1 aromatic rings. The maximum atomic E-state index is 12.5. The second-order valence-electron chi connectivity index (χ2n) is 6.27. The fraction of sp³-hybridized carbons (Fsp3) is 0.526. The number of esters is 1. The third-order valence-electron chi connectivity index (χ3n) is 4.86. The average molecular weight is 360 g/mol. The van der Waals surface area contributed by atoms with Gasteiger partial charge in [0.15, 0.2) is 6.61 Å². The van der Waals surface area contributed by atoms with Crippen molar-refractivity contribution >= 4 is 11.9 Å². The molecule has 0 bridgehead atoms. The third kappa shape index (κ3) is 3.90. The Morgan fingerprint density at radius 3 is 2.23 bits per heavy atom. The number of hydrogen-bond acceptors (Lipinski definition) is 6. The Hall–Kier alpha value is -2.75. The van der Waals surface area contributed by atoms with E-state index in [1.54, 1.807) is 25.2 Å². The Balaban J connectivity index is 2.08. The molecule has 1 aromatic carbocycles. The van der Waals surface area contributed by atoms with Crippen molar-refractivity contribution in [3.8, 4) is 17.6 Å². The first-order valence-electron chi connectivity index (χ1n) is 8.55. The number of amides is 1. The number of benzene rings is 1. The van der Waals surface area contributed by atoms with Crippen LogP contribution in [0.2, 0.25) is 0 Å². The quantitative estimate of drug-likeness (QED) is 0.724. The topological polar surface area (TPSA) is 88.9 Å². The normalized spacial score (nSPS) is 15.5. The van der Waals surface area contributed by atoms with Gasteiger partial charge in [0.25, 0.3) is 5.91 Å². The minimum atomic E-state index is -0.816. The molecular weight excluding hydrogens is 336 g/mol. The molecule has 0 aromatic heterocycles. The van der Waals surface area contributed by atoms with Crippen LogP contribution in [0.15, 0.2) is 18.2 Å². The fourth-order valence-electron chi connectivity index (χ4n) is 3.25. The van der Waals surface area contributed by atoms with Gasteiger partial charge in [-0.25, -0.2) is 4.79 Å². The van der Waals surface area contributed by atoms with Gasteiger partial charge in [-0.1, -0.05) is 25.3 Å². The molecule has 0 heterocycles. The van der Waals surface area contributed by atoms with Crippen LogP contribution in [0.3, 0.4) is 0 Å². The molecule has 7 heteroatoms. The second kappa shape index (κ2) is 8.56. The monoisotopic (exact) mass is 360 g/mol. The van der Waals surface area contributed by atoms with Gasteiger partial charge in [-0.15, -0.1) is 0 Å². The minimum absolute atomic E-state index is 0.126. The van der Waals surface area contributed by atoms with Crippen LogP contribution in [0.5, 0.6) is 11.5 Å². The molecule has 0 radical (unpaired) electrons. The molecular formula is C19H24N2O5. The lowest BCUT2D eigenvalue weighted by Gasteiger charge is -2.38. The van der Waals surface area contributed by atoms with Crippen LogP contribution in [-0.4, -0.2) is 50.2 Å². The summed E-state index contributed by atoms with van der Waals surface area (Å²) in [5.74, 6) is -0.516. The molecule has 0 unspecified atom stereocenters. The third-order valence-corrected chi connectivity index (χ3v) is 4.86. The summed E-state index contributed by atoms with van der Waals surface area (Å²) in [5.41, 5.74) is -0.690. The van der Waals surface area contributed by atoms with E-state index in [0.29, 0.717) is 24.3 Å². The highest BCUT2D eigenvalue weighted by atomic mass is 16.5. The molecule has 0 N–H and O–H groups in total. The van der Waals surface area contributed by atoms with E-state index in [2.05, 4.69) is 6.07 Å². The molecule has 1 amide bonds. The number of carbonyl (C=O) groups is 2. The van der Waals surface area contributed by atoms with Crippen molar-refractivity contribution in [3.05, 3.63) is 23.8 Å². The second-order valence-corrected chi connectivity index (χ2v) is 6.27. The molecule has 26 heavy (non-hydrogen) atoms. The number of rotatable bonds is 6. The minimum Gasteiger partial charge on any atom is -0.496 e. The van der Waals surface area contributed by atoms with Gasteiger partial charge < -0.3 is 19.1 Å². The number of ether oxygens (including phenoxy) is 3.